The lowest BCUT2D eigenvalue weighted by Gasteiger charge is -2.38. The maximum absolute atomic E-state index is 14.6. The number of fused-ring (bicyclic) bond motifs is 1. The van der Waals surface area contributed by atoms with Crippen LogP contribution in [0.4, 0.5) is 8.78 Å². The molecule has 1 aliphatic rings. The molecule has 5 heteroatoms. The molecule has 1 fully saturated rings. The number of nitrogens with one attached hydrogen (secondary N) is 1. The predicted molar refractivity (Wildman–Crippen MR) is 106 cm³/mol. The first kappa shape index (κ1) is 19.0. The normalized spacial score (nSPS) is 16.4. The molecule has 3 nitrogen and oxygen atoms in total. The van der Waals surface area contributed by atoms with E-state index in [0.717, 1.165) is 54.0 Å². The maximum Gasteiger partial charge on any atom is 0.129 e. The third-order valence-electron chi connectivity index (χ3n) is 5.63. The third-order valence-corrected chi connectivity index (χ3v) is 5.63. The van der Waals surface area contributed by atoms with Gasteiger partial charge < -0.3 is 10.1 Å². The number of hydrogen-bond acceptors (Lipinski definition) is 3. The van der Waals surface area contributed by atoms with Crippen molar-refractivity contribution in [1.29, 1.82) is 0 Å². The summed E-state index contributed by atoms with van der Waals surface area (Å²) in [6.45, 7) is 4.43. The molecule has 1 saturated heterocycles. The molecule has 2 heterocycles. The standard InChI is InChI=1S/C23H24F2N2O/c1-16-11-17-3-2-8-27-22(17)18(12-16)14-28-15-23(6-9-26-10-7-23)20-5-4-19(24)13-21(20)25/h2-5,8,11-13,26H,6-7,9-10,14-15H2,1H3. The second kappa shape index (κ2) is 7.94. The van der Waals surface area contributed by atoms with Crippen molar-refractivity contribution in [3.8, 4) is 0 Å². The van der Waals surface area contributed by atoms with E-state index in [1.807, 2.05) is 12.1 Å². The average molecular weight is 382 g/mol. The van der Waals surface area contributed by atoms with E-state index in [0.29, 0.717) is 18.8 Å². The van der Waals surface area contributed by atoms with Gasteiger partial charge in [0.2, 0.25) is 0 Å². The highest BCUT2D eigenvalue weighted by atomic mass is 19.1. The van der Waals surface area contributed by atoms with Crippen LogP contribution in [0.3, 0.4) is 0 Å². The van der Waals surface area contributed by atoms with Crippen LogP contribution < -0.4 is 5.32 Å². The van der Waals surface area contributed by atoms with Gasteiger partial charge in [0.15, 0.2) is 0 Å². The first-order valence-electron chi connectivity index (χ1n) is 9.66. The van der Waals surface area contributed by atoms with Crippen molar-refractivity contribution in [2.24, 2.45) is 0 Å². The Morgan fingerprint density at radius 3 is 2.71 bits per heavy atom. The maximum atomic E-state index is 14.6. The number of piperidine rings is 1. The molecule has 0 unspecified atom stereocenters. The van der Waals surface area contributed by atoms with Crippen molar-refractivity contribution < 1.29 is 13.5 Å². The van der Waals surface area contributed by atoms with Gasteiger partial charge in [-0.2, -0.15) is 0 Å². The summed E-state index contributed by atoms with van der Waals surface area (Å²) in [5, 5.41) is 4.40. The molecule has 2 aromatic carbocycles. The van der Waals surface area contributed by atoms with Gasteiger partial charge in [-0.05, 0) is 56.6 Å². The molecule has 28 heavy (non-hydrogen) atoms. The van der Waals surface area contributed by atoms with Crippen molar-refractivity contribution >= 4 is 10.9 Å². The minimum absolute atomic E-state index is 0.388. The topological polar surface area (TPSA) is 34.1 Å². The number of aryl methyl sites for hydroxylation is 1. The summed E-state index contributed by atoms with van der Waals surface area (Å²) >= 11 is 0. The van der Waals surface area contributed by atoms with Crippen molar-refractivity contribution in [2.75, 3.05) is 19.7 Å². The van der Waals surface area contributed by atoms with Gasteiger partial charge in [-0.1, -0.05) is 23.8 Å². The molecule has 0 atom stereocenters. The zero-order valence-electron chi connectivity index (χ0n) is 16.0. The zero-order chi connectivity index (χ0) is 19.6. The quantitative estimate of drug-likeness (QED) is 0.697. The highest BCUT2D eigenvalue weighted by Gasteiger charge is 2.36. The summed E-state index contributed by atoms with van der Waals surface area (Å²) in [6.07, 6.45) is 3.29. The molecule has 0 radical (unpaired) electrons. The molecule has 0 spiro atoms. The SMILES string of the molecule is Cc1cc(COCC2(c3ccc(F)cc3F)CCNCC2)c2ncccc2c1. The first-order valence-corrected chi connectivity index (χ1v) is 9.66. The van der Waals surface area contributed by atoms with Crippen LogP contribution in [0, 0.1) is 18.6 Å². The zero-order valence-corrected chi connectivity index (χ0v) is 16.0. The Labute approximate surface area is 163 Å². The minimum atomic E-state index is -0.552. The summed E-state index contributed by atoms with van der Waals surface area (Å²) in [4.78, 5) is 4.50. The van der Waals surface area contributed by atoms with E-state index in [-0.39, 0.29) is 0 Å². The second-order valence-corrected chi connectivity index (χ2v) is 7.65. The molecule has 0 bridgehead atoms. The molecule has 4 rings (SSSR count). The van der Waals surface area contributed by atoms with Gasteiger partial charge in [0.05, 0.1) is 18.7 Å². The molecule has 1 N–H and O–H groups in total. The number of rotatable bonds is 5. The third kappa shape index (κ3) is 3.77. The van der Waals surface area contributed by atoms with E-state index in [9.17, 15) is 8.78 Å². The van der Waals surface area contributed by atoms with Crippen molar-refractivity contribution in [3.05, 3.63) is 77.0 Å². The molecule has 1 aliphatic heterocycles. The summed E-state index contributed by atoms with van der Waals surface area (Å²) in [6, 6.07) is 12.0. The molecule has 146 valence electrons. The molecule has 0 saturated carbocycles. The monoisotopic (exact) mass is 382 g/mol. The van der Waals surface area contributed by atoms with E-state index < -0.39 is 17.0 Å². The van der Waals surface area contributed by atoms with Crippen LogP contribution in [0.1, 0.15) is 29.5 Å². The number of nitrogens with zero attached hydrogens (tertiary/aromatic N) is 1. The summed E-state index contributed by atoms with van der Waals surface area (Å²) < 4.78 is 34.1. The average Bonchev–Trinajstić information content (AvgIpc) is 2.68. The predicted octanol–water partition coefficient (Wildman–Crippen LogP) is 4.66. The van der Waals surface area contributed by atoms with Crippen LogP contribution in [0.15, 0.2) is 48.7 Å². The largest absolute Gasteiger partial charge is 0.376 e. The van der Waals surface area contributed by atoms with Crippen LogP contribution >= 0.6 is 0 Å². The van der Waals surface area contributed by atoms with E-state index in [1.54, 1.807) is 12.3 Å². The van der Waals surface area contributed by atoms with Crippen molar-refractivity contribution in [2.45, 2.75) is 31.8 Å². The number of halogens is 2. The van der Waals surface area contributed by atoms with Gasteiger partial charge in [0, 0.05) is 28.6 Å². The Balaban J connectivity index is 1.58. The van der Waals surface area contributed by atoms with Gasteiger partial charge in [0.25, 0.3) is 0 Å². The van der Waals surface area contributed by atoms with Crippen LogP contribution in [-0.4, -0.2) is 24.7 Å². The van der Waals surface area contributed by atoms with Gasteiger partial charge in [-0.3, -0.25) is 4.98 Å². The molecule has 0 amide bonds. The summed E-state index contributed by atoms with van der Waals surface area (Å²) in [5.74, 6) is -1.04. The number of ether oxygens (including phenoxy) is 1. The first-order chi connectivity index (χ1) is 13.6. The lowest BCUT2D eigenvalue weighted by molar-refractivity contribution is 0.0554. The highest BCUT2D eigenvalue weighted by Crippen LogP contribution is 2.36. The van der Waals surface area contributed by atoms with Gasteiger partial charge in [0.1, 0.15) is 11.6 Å². The number of hydrogen-bond donors (Lipinski definition) is 1. The minimum Gasteiger partial charge on any atom is -0.376 e. The lowest BCUT2D eigenvalue weighted by atomic mass is 9.73. The fraction of sp³-hybridized carbons (Fsp3) is 0.348. The smallest absolute Gasteiger partial charge is 0.129 e. The molecule has 0 aliphatic carbocycles. The van der Waals surface area contributed by atoms with Gasteiger partial charge in [-0.25, -0.2) is 8.78 Å². The number of aromatic nitrogens is 1. The Morgan fingerprint density at radius 1 is 1.11 bits per heavy atom. The van der Waals surface area contributed by atoms with Crippen LogP contribution in [-0.2, 0) is 16.8 Å². The van der Waals surface area contributed by atoms with E-state index in [1.165, 1.54) is 6.07 Å². The highest BCUT2D eigenvalue weighted by molar-refractivity contribution is 5.82. The summed E-state index contributed by atoms with van der Waals surface area (Å²) in [5.41, 5.74) is 3.21. The van der Waals surface area contributed by atoms with Crippen molar-refractivity contribution in [1.82, 2.24) is 10.3 Å². The second-order valence-electron chi connectivity index (χ2n) is 7.65. The fourth-order valence-corrected chi connectivity index (χ4v) is 4.22. The van der Waals surface area contributed by atoms with Gasteiger partial charge in [-0.15, -0.1) is 0 Å². The van der Waals surface area contributed by atoms with Crippen LogP contribution in [0.25, 0.3) is 10.9 Å². The van der Waals surface area contributed by atoms with E-state index >= 15 is 0 Å². The molecular formula is C23H24F2N2O. The van der Waals surface area contributed by atoms with Crippen LogP contribution in [0.5, 0.6) is 0 Å². The van der Waals surface area contributed by atoms with Crippen LogP contribution in [0.2, 0.25) is 0 Å². The number of pyridine rings is 1. The van der Waals surface area contributed by atoms with Crippen molar-refractivity contribution in [3.63, 3.8) is 0 Å². The Hall–Kier alpha value is -2.37. The lowest BCUT2D eigenvalue weighted by Crippen LogP contribution is -2.43. The number of benzene rings is 2. The van der Waals surface area contributed by atoms with E-state index in [2.05, 4.69) is 29.4 Å². The van der Waals surface area contributed by atoms with E-state index in [4.69, 9.17) is 4.74 Å². The van der Waals surface area contributed by atoms with Gasteiger partial charge >= 0.3 is 0 Å². The molecule has 1 aromatic heterocycles. The Morgan fingerprint density at radius 2 is 1.93 bits per heavy atom. The Bertz CT molecular complexity index is 983. The summed E-state index contributed by atoms with van der Waals surface area (Å²) in [7, 11) is 0. The molecule has 3 aromatic rings. The fourth-order valence-electron chi connectivity index (χ4n) is 4.22. The Kier molecular flexibility index (Phi) is 5.38. The molecular weight excluding hydrogens is 358 g/mol.